The lowest BCUT2D eigenvalue weighted by atomic mass is 10.1. The lowest BCUT2D eigenvalue weighted by Gasteiger charge is -2.19. The van der Waals surface area contributed by atoms with Crippen LogP contribution in [0.2, 0.25) is 0 Å². The molecule has 0 spiro atoms. The molecule has 5 nitrogen and oxygen atoms in total. The Morgan fingerprint density at radius 3 is 2.54 bits per heavy atom. The van der Waals surface area contributed by atoms with Gasteiger partial charge in [0.15, 0.2) is 11.6 Å². The summed E-state index contributed by atoms with van der Waals surface area (Å²) < 4.78 is 23.7. The smallest absolute Gasteiger partial charge is 0.407 e. The Labute approximate surface area is 143 Å². The Morgan fingerprint density at radius 2 is 1.96 bits per heavy atom. The molecule has 0 bridgehead atoms. The lowest BCUT2D eigenvalue weighted by Crippen LogP contribution is -2.32. The Bertz CT molecular complexity index is 568. The largest absolute Gasteiger partial charge is 0.494 e. The van der Waals surface area contributed by atoms with Crippen molar-refractivity contribution in [1.82, 2.24) is 10.6 Å². The third-order valence-corrected chi connectivity index (χ3v) is 3.15. The monoisotopic (exact) mass is 338 g/mol. The van der Waals surface area contributed by atoms with Crippen LogP contribution in [0.3, 0.4) is 0 Å². The lowest BCUT2D eigenvalue weighted by molar-refractivity contribution is 0.0534. The zero-order chi connectivity index (χ0) is 18.2. The van der Waals surface area contributed by atoms with E-state index in [1.54, 1.807) is 6.07 Å². The Kier molecular flexibility index (Phi) is 7.71. The summed E-state index contributed by atoms with van der Waals surface area (Å²) in [5, 5.41) is 5.89. The summed E-state index contributed by atoms with van der Waals surface area (Å²) in [5.41, 5.74) is 0.340. The Balaban J connectivity index is 2.31. The number of halogens is 1. The SMILES string of the molecule is COc1ccc(C(C)NC/C=C/CNC(=O)OC(C)(C)C)cc1F. The molecule has 0 aliphatic heterocycles. The van der Waals surface area contributed by atoms with Crippen molar-refractivity contribution in [2.75, 3.05) is 20.2 Å². The number of carbonyl (C=O) groups excluding carboxylic acids is 1. The summed E-state index contributed by atoms with van der Waals surface area (Å²) in [6.07, 6.45) is 3.29. The second-order valence-corrected chi connectivity index (χ2v) is 6.38. The number of carbonyl (C=O) groups is 1. The molecule has 0 saturated carbocycles. The minimum absolute atomic E-state index is 0.00567. The molecule has 1 amide bonds. The third-order valence-electron chi connectivity index (χ3n) is 3.15. The van der Waals surface area contributed by atoms with Gasteiger partial charge in [-0.2, -0.15) is 0 Å². The zero-order valence-electron chi connectivity index (χ0n) is 15.0. The molecule has 0 aromatic heterocycles. The first kappa shape index (κ1) is 20.0. The van der Waals surface area contributed by atoms with E-state index in [-0.39, 0.29) is 17.6 Å². The number of alkyl carbamates (subject to hydrolysis) is 1. The van der Waals surface area contributed by atoms with Crippen molar-refractivity contribution in [1.29, 1.82) is 0 Å². The fourth-order valence-electron chi connectivity index (χ4n) is 1.94. The average Bonchev–Trinajstić information content (AvgIpc) is 2.48. The van der Waals surface area contributed by atoms with Crippen molar-refractivity contribution in [2.45, 2.75) is 39.3 Å². The van der Waals surface area contributed by atoms with Crippen molar-refractivity contribution >= 4 is 6.09 Å². The van der Waals surface area contributed by atoms with Crippen LogP contribution in [0.1, 0.15) is 39.3 Å². The fourth-order valence-corrected chi connectivity index (χ4v) is 1.94. The predicted molar refractivity (Wildman–Crippen MR) is 92.7 cm³/mol. The first-order chi connectivity index (χ1) is 11.2. The van der Waals surface area contributed by atoms with E-state index in [9.17, 15) is 9.18 Å². The summed E-state index contributed by atoms with van der Waals surface area (Å²) in [6, 6.07) is 4.90. The number of nitrogens with one attached hydrogen (secondary N) is 2. The highest BCUT2D eigenvalue weighted by atomic mass is 19.1. The van der Waals surface area contributed by atoms with E-state index < -0.39 is 11.7 Å². The van der Waals surface area contributed by atoms with Gasteiger partial charge in [0.2, 0.25) is 0 Å². The van der Waals surface area contributed by atoms with Crippen molar-refractivity contribution in [3.63, 3.8) is 0 Å². The van der Waals surface area contributed by atoms with Gasteiger partial charge in [-0.1, -0.05) is 18.2 Å². The Morgan fingerprint density at radius 1 is 1.29 bits per heavy atom. The van der Waals surface area contributed by atoms with Gasteiger partial charge in [-0.05, 0) is 45.4 Å². The molecule has 0 radical (unpaired) electrons. The second-order valence-electron chi connectivity index (χ2n) is 6.38. The summed E-state index contributed by atoms with van der Waals surface area (Å²) in [6.45, 7) is 8.39. The molecule has 24 heavy (non-hydrogen) atoms. The molecular weight excluding hydrogens is 311 g/mol. The molecule has 0 aliphatic rings. The van der Waals surface area contributed by atoms with E-state index in [1.807, 2.05) is 45.9 Å². The van der Waals surface area contributed by atoms with Gasteiger partial charge in [-0.25, -0.2) is 9.18 Å². The molecule has 1 aromatic rings. The van der Waals surface area contributed by atoms with Gasteiger partial charge in [-0.3, -0.25) is 0 Å². The molecule has 2 N–H and O–H groups in total. The van der Waals surface area contributed by atoms with Crippen LogP contribution < -0.4 is 15.4 Å². The van der Waals surface area contributed by atoms with Gasteiger partial charge >= 0.3 is 6.09 Å². The maximum absolute atomic E-state index is 13.7. The third kappa shape index (κ3) is 7.46. The van der Waals surface area contributed by atoms with Crippen molar-refractivity contribution < 1.29 is 18.7 Å². The van der Waals surface area contributed by atoms with Crippen LogP contribution in [0.25, 0.3) is 0 Å². The summed E-state index contributed by atoms with van der Waals surface area (Å²) >= 11 is 0. The number of hydrogen-bond donors (Lipinski definition) is 2. The van der Waals surface area contributed by atoms with E-state index in [0.717, 1.165) is 5.56 Å². The van der Waals surface area contributed by atoms with Crippen LogP contribution >= 0.6 is 0 Å². The maximum atomic E-state index is 13.7. The number of methoxy groups -OCH3 is 1. The first-order valence-corrected chi connectivity index (χ1v) is 7.91. The molecule has 0 fully saturated rings. The molecule has 0 saturated heterocycles. The van der Waals surface area contributed by atoms with Gasteiger partial charge in [-0.15, -0.1) is 0 Å². The molecule has 1 aromatic carbocycles. The van der Waals surface area contributed by atoms with Crippen LogP contribution in [0, 0.1) is 5.82 Å². The summed E-state index contributed by atoms with van der Waals surface area (Å²) in [7, 11) is 1.44. The molecule has 1 rings (SSSR count). The number of hydrogen-bond acceptors (Lipinski definition) is 4. The Hall–Kier alpha value is -2.08. The average molecular weight is 338 g/mol. The normalized spacial score (nSPS) is 12.9. The molecular formula is C18H27FN2O3. The number of amides is 1. The maximum Gasteiger partial charge on any atom is 0.407 e. The standard InChI is InChI=1S/C18H27FN2O3/c1-13(14-8-9-16(23-5)15(19)12-14)20-10-6-7-11-21-17(22)24-18(2,3)4/h6-9,12-13,20H,10-11H2,1-5H3,(H,21,22)/b7-6+. The van der Waals surface area contributed by atoms with Crippen LogP contribution in [-0.4, -0.2) is 31.9 Å². The van der Waals surface area contributed by atoms with Crippen molar-refractivity contribution in [3.05, 3.63) is 41.7 Å². The highest BCUT2D eigenvalue weighted by Gasteiger charge is 2.15. The quantitative estimate of drug-likeness (QED) is 0.746. The van der Waals surface area contributed by atoms with Crippen LogP contribution in [0.15, 0.2) is 30.4 Å². The van der Waals surface area contributed by atoms with E-state index in [0.29, 0.717) is 13.1 Å². The number of ether oxygens (including phenoxy) is 2. The predicted octanol–water partition coefficient (Wildman–Crippen LogP) is 3.57. The van der Waals surface area contributed by atoms with Crippen LogP contribution in [0.5, 0.6) is 5.75 Å². The van der Waals surface area contributed by atoms with E-state index in [1.165, 1.54) is 13.2 Å². The molecule has 0 aliphatic carbocycles. The van der Waals surface area contributed by atoms with Crippen LogP contribution in [-0.2, 0) is 4.74 Å². The topological polar surface area (TPSA) is 59.6 Å². The van der Waals surface area contributed by atoms with Gasteiger partial charge in [0.1, 0.15) is 5.60 Å². The zero-order valence-corrected chi connectivity index (χ0v) is 15.0. The molecule has 134 valence electrons. The highest BCUT2D eigenvalue weighted by molar-refractivity contribution is 5.67. The number of benzene rings is 1. The molecule has 0 heterocycles. The summed E-state index contributed by atoms with van der Waals surface area (Å²) in [5.74, 6) is -0.139. The second kappa shape index (κ2) is 9.27. The highest BCUT2D eigenvalue weighted by Crippen LogP contribution is 2.21. The molecule has 1 unspecified atom stereocenters. The fraction of sp³-hybridized carbons (Fsp3) is 0.500. The van der Waals surface area contributed by atoms with Gasteiger partial charge in [0.25, 0.3) is 0 Å². The van der Waals surface area contributed by atoms with E-state index in [2.05, 4.69) is 10.6 Å². The minimum atomic E-state index is -0.502. The van der Waals surface area contributed by atoms with Crippen LogP contribution in [0.4, 0.5) is 9.18 Å². The van der Waals surface area contributed by atoms with Gasteiger partial charge in [0.05, 0.1) is 7.11 Å². The molecule has 6 heteroatoms. The van der Waals surface area contributed by atoms with Crippen molar-refractivity contribution in [3.8, 4) is 5.75 Å². The van der Waals surface area contributed by atoms with E-state index >= 15 is 0 Å². The molecule has 1 atom stereocenters. The van der Waals surface area contributed by atoms with Gasteiger partial charge < -0.3 is 20.1 Å². The first-order valence-electron chi connectivity index (χ1n) is 7.91. The summed E-state index contributed by atoms with van der Waals surface area (Å²) in [4.78, 5) is 11.4. The number of rotatable bonds is 7. The van der Waals surface area contributed by atoms with Gasteiger partial charge in [0, 0.05) is 19.1 Å². The van der Waals surface area contributed by atoms with E-state index in [4.69, 9.17) is 9.47 Å². The van der Waals surface area contributed by atoms with Crippen molar-refractivity contribution in [2.24, 2.45) is 0 Å². The minimum Gasteiger partial charge on any atom is -0.494 e.